The van der Waals surface area contributed by atoms with Gasteiger partial charge >= 0.3 is 0 Å². The van der Waals surface area contributed by atoms with Crippen molar-refractivity contribution in [1.29, 1.82) is 0 Å². The molecule has 1 aromatic rings. The lowest BCUT2D eigenvalue weighted by molar-refractivity contribution is -0.384. The van der Waals surface area contributed by atoms with Crippen LogP contribution in [0.4, 0.5) is 14.5 Å². The summed E-state index contributed by atoms with van der Waals surface area (Å²) in [5.41, 5.74) is 5.17. The number of alkyl halides is 2. The number of nitrogens with zero attached hydrogens (tertiary/aromatic N) is 1. The fourth-order valence-electron chi connectivity index (χ4n) is 1.11. The van der Waals surface area contributed by atoms with Gasteiger partial charge in [-0.3, -0.25) is 10.1 Å². The third-order valence-corrected chi connectivity index (χ3v) is 1.98. The van der Waals surface area contributed by atoms with Crippen molar-refractivity contribution in [1.82, 2.24) is 0 Å². The predicted octanol–water partition coefficient (Wildman–Crippen LogP) is 1.90. The highest BCUT2D eigenvalue weighted by molar-refractivity contribution is 5.34. The summed E-state index contributed by atoms with van der Waals surface area (Å²) in [6.07, 6.45) is -1.64. The molecule has 0 aliphatic rings. The van der Waals surface area contributed by atoms with Gasteiger partial charge in [0.25, 0.3) is 5.69 Å². The minimum absolute atomic E-state index is 0.139. The second-order valence-electron chi connectivity index (χ2n) is 3.07. The van der Waals surface area contributed by atoms with Crippen molar-refractivity contribution in [2.24, 2.45) is 5.73 Å². The molecule has 6 heteroatoms. The highest BCUT2D eigenvalue weighted by Gasteiger charge is 2.19. The van der Waals surface area contributed by atoms with E-state index in [1.165, 1.54) is 12.1 Å². The van der Waals surface area contributed by atoms with Crippen molar-refractivity contribution in [2.75, 3.05) is 6.67 Å². The van der Waals surface area contributed by atoms with Gasteiger partial charge in [-0.1, -0.05) is 0 Å². The molecule has 0 fully saturated rings. The van der Waals surface area contributed by atoms with Crippen LogP contribution in [-0.2, 0) is 0 Å². The molecule has 0 aliphatic carbocycles. The van der Waals surface area contributed by atoms with E-state index in [0.717, 1.165) is 12.1 Å². The lowest BCUT2D eigenvalue weighted by Crippen LogP contribution is -2.27. The van der Waals surface area contributed by atoms with E-state index in [4.69, 9.17) is 5.73 Å². The fraction of sp³-hybridized carbons (Fsp3) is 0.333. The number of nitro groups is 1. The van der Waals surface area contributed by atoms with E-state index in [1.807, 2.05) is 0 Å². The summed E-state index contributed by atoms with van der Waals surface area (Å²) in [4.78, 5) is 9.71. The normalized spacial score (nSPS) is 14.6. The summed E-state index contributed by atoms with van der Waals surface area (Å²) < 4.78 is 25.4. The highest BCUT2D eigenvalue weighted by Crippen LogP contribution is 2.22. The molecule has 0 saturated heterocycles. The molecule has 82 valence electrons. The Balaban J connectivity index is 2.84. The molecular formula is C9H10F2N2O2. The van der Waals surface area contributed by atoms with Crippen molar-refractivity contribution < 1.29 is 13.7 Å². The number of non-ortho nitro benzene ring substituents is 1. The standard InChI is InChI=1S/C9H10F2N2O2/c10-5-8(12)9(11)6-1-3-7(4-2-6)13(14)15/h1-4,8-9H,5,12H2/t8-,9?/m1/s1. The molecule has 0 aromatic heterocycles. The summed E-state index contributed by atoms with van der Waals surface area (Å²) in [5.74, 6) is 0. The van der Waals surface area contributed by atoms with E-state index < -0.39 is 23.8 Å². The summed E-state index contributed by atoms with van der Waals surface area (Å²) in [6, 6.07) is 3.56. The van der Waals surface area contributed by atoms with Crippen LogP contribution in [0, 0.1) is 10.1 Å². The third-order valence-electron chi connectivity index (χ3n) is 1.98. The fourth-order valence-corrected chi connectivity index (χ4v) is 1.11. The number of rotatable bonds is 4. The minimum atomic E-state index is -1.64. The van der Waals surface area contributed by atoms with E-state index in [0.29, 0.717) is 0 Å². The molecule has 0 aliphatic heterocycles. The van der Waals surface area contributed by atoms with Crippen LogP contribution >= 0.6 is 0 Å². The van der Waals surface area contributed by atoms with Gasteiger partial charge in [0.1, 0.15) is 12.8 Å². The molecule has 0 spiro atoms. The topological polar surface area (TPSA) is 69.2 Å². The average molecular weight is 216 g/mol. The molecule has 1 aromatic carbocycles. The van der Waals surface area contributed by atoms with E-state index >= 15 is 0 Å². The molecule has 2 N–H and O–H groups in total. The van der Waals surface area contributed by atoms with Crippen LogP contribution in [0.1, 0.15) is 11.7 Å². The number of nitrogens with two attached hydrogens (primary N) is 1. The molecule has 0 saturated carbocycles. The Bertz CT molecular complexity index is 342. The van der Waals surface area contributed by atoms with E-state index in [9.17, 15) is 18.9 Å². The zero-order valence-corrected chi connectivity index (χ0v) is 7.77. The van der Waals surface area contributed by atoms with Crippen LogP contribution in [0.5, 0.6) is 0 Å². The number of hydrogen-bond donors (Lipinski definition) is 1. The maximum Gasteiger partial charge on any atom is 0.269 e. The summed E-state index contributed by atoms with van der Waals surface area (Å²) >= 11 is 0. The molecule has 1 rings (SSSR count). The Morgan fingerprint density at radius 1 is 1.40 bits per heavy atom. The second kappa shape index (κ2) is 4.79. The molecule has 2 atom stereocenters. The second-order valence-corrected chi connectivity index (χ2v) is 3.07. The zero-order valence-electron chi connectivity index (χ0n) is 7.77. The van der Waals surface area contributed by atoms with Crippen molar-refractivity contribution in [3.63, 3.8) is 0 Å². The van der Waals surface area contributed by atoms with Crippen LogP contribution in [0.25, 0.3) is 0 Å². The van der Waals surface area contributed by atoms with Gasteiger partial charge in [-0.25, -0.2) is 8.78 Å². The summed E-state index contributed by atoms with van der Waals surface area (Å²) in [5, 5.41) is 10.3. The predicted molar refractivity (Wildman–Crippen MR) is 50.9 cm³/mol. The summed E-state index contributed by atoms with van der Waals surface area (Å²) in [6.45, 7) is -0.974. The number of benzene rings is 1. The quantitative estimate of drug-likeness (QED) is 0.617. The molecule has 0 radical (unpaired) electrons. The Kier molecular flexibility index (Phi) is 3.68. The number of nitro benzene ring substituents is 1. The first-order valence-corrected chi connectivity index (χ1v) is 4.26. The molecule has 0 bridgehead atoms. The first-order chi connectivity index (χ1) is 7.06. The Hall–Kier alpha value is -1.56. The van der Waals surface area contributed by atoms with E-state index in [2.05, 4.69) is 0 Å². The minimum Gasteiger partial charge on any atom is -0.323 e. The largest absolute Gasteiger partial charge is 0.323 e. The number of hydrogen-bond acceptors (Lipinski definition) is 3. The summed E-state index contributed by atoms with van der Waals surface area (Å²) in [7, 11) is 0. The van der Waals surface area contributed by atoms with Crippen molar-refractivity contribution in [3.8, 4) is 0 Å². The van der Waals surface area contributed by atoms with Crippen LogP contribution in [-0.4, -0.2) is 17.6 Å². The molecular weight excluding hydrogens is 206 g/mol. The lowest BCUT2D eigenvalue weighted by atomic mass is 10.1. The van der Waals surface area contributed by atoms with Crippen LogP contribution in [0.2, 0.25) is 0 Å². The first-order valence-electron chi connectivity index (χ1n) is 4.26. The van der Waals surface area contributed by atoms with Crippen LogP contribution in [0.15, 0.2) is 24.3 Å². The zero-order chi connectivity index (χ0) is 11.4. The van der Waals surface area contributed by atoms with Gasteiger partial charge in [0.05, 0.1) is 11.0 Å². The Morgan fingerprint density at radius 2 is 1.93 bits per heavy atom. The maximum atomic E-state index is 13.3. The lowest BCUT2D eigenvalue weighted by Gasteiger charge is -2.12. The number of halogens is 2. The van der Waals surface area contributed by atoms with Crippen LogP contribution < -0.4 is 5.73 Å². The van der Waals surface area contributed by atoms with Gasteiger partial charge in [-0.2, -0.15) is 0 Å². The van der Waals surface area contributed by atoms with E-state index in [-0.39, 0.29) is 11.3 Å². The molecule has 0 heterocycles. The van der Waals surface area contributed by atoms with Gasteiger partial charge in [-0.15, -0.1) is 0 Å². The molecule has 4 nitrogen and oxygen atoms in total. The SMILES string of the molecule is N[C@H](CF)C(F)c1ccc([N+](=O)[O-])cc1. The van der Waals surface area contributed by atoms with Gasteiger partial charge < -0.3 is 5.73 Å². The first kappa shape index (κ1) is 11.5. The molecule has 1 unspecified atom stereocenters. The average Bonchev–Trinajstić information content (AvgIpc) is 2.27. The smallest absolute Gasteiger partial charge is 0.269 e. The Morgan fingerprint density at radius 3 is 2.33 bits per heavy atom. The van der Waals surface area contributed by atoms with Gasteiger partial charge in [-0.05, 0) is 17.7 Å². The van der Waals surface area contributed by atoms with Gasteiger partial charge in [0, 0.05) is 12.1 Å². The monoisotopic (exact) mass is 216 g/mol. The van der Waals surface area contributed by atoms with Crippen molar-refractivity contribution in [2.45, 2.75) is 12.2 Å². The maximum absolute atomic E-state index is 13.3. The third kappa shape index (κ3) is 2.69. The highest BCUT2D eigenvalue weighted by atomic mass is 19.1. The van der Waals surface area contributed by atoms with Crippen LogP contribution in [0.3, 0.4) is 0 Å². The van der Waals surface area contributed by atoms with E-state index in [1.54, 1.807) is 0 Å². The van der Waals surface area contributed by atoms with Gasteiger partial charge in [0.15, 0.2) is 0 Å². The van der Waals surface area contributed by atoms with Gasteiger partial charge in [0.2, 0.25) is 0 Å². The van der Waals surface area contributed by atoms with Crippen molar-refractivity contribution >= 4 is 5.69 Å². The van der Waals surface area contributed by atoms with Crippen molar-refractivity contribution in [3.05, 3.63) is 39.9 Å². The molecule has 15 heavy (non-hydrogen) atoms. The molecule has 0 amide bonds. The Labute approximate surface area is 84.9 Å².